The first kappa shape index (κ1) is 18.9. The second-order valence-electron chi connectivity index (χ2n) is 7.18. The zero-order valence-corrected chi connectivity index (χ0v) is 15.2. The molecular formula is C19H26ClNO3. The van der Waals surface area contributed by atoms with Crippen LogP contribution in [0.2, 0.25) is 0 Å². The number of halogens is 1. The lowest BCUT2D eigenvalue weighted by Crippen LogP contribution is -2.64. The molecule has 1 heterocycles. The third-order valence-electron chi connectivity index (χ3n) is 5.30. The molecule has 24 heavy (non-hydrogen) atoms. The van der Waals surface area contributed by atoms with Gasteiger partial charge >= 0.3 is 5.97 Å². The highest BCUT2D eigenvalue weighted by Crippen LogP contribution is 2.48. The second kappa shape index (κ2) is 7.24. The number of carbonyl (C=O) groups is 2. The molecule has 2 unspecified atom stereocenters. The monoisotopic (exact) mass is 351 g/mol. The van der Waals surface area contributed by atoms with Crippen molar-refractivity contribution in [1.29, 1.82) is 0 Å². The molecule has 2 atom stereocenters. The predicted molar refractivity (Wildman–Crippen MR) is 95.0 cm³/mol. The Labute approximate surface area is 150 Å². The Kier molecular flexibility index (Phi) is 5.71. The standard InChI is InChI=1S/C19H25NO3.ClH/c1-3-23-17(22)19-11-7-10-18(2,16(19)21)13-20(14-19)12-15-8-5-4-6-9-15;/h4-6,8-9H,3,7,10-14H2,1-2H3;1H. The second-order valence-corrected chi connectivity index (χ2v) is 7.18. The maximum atomic E-state index is 13.0. The fraction of sp³-hybridized carbons (Fsp3) is 0.579. The minimum absolute atomic E-state index is 0. The van der Waals surface area contributed by atoms with E-state index in [-0.39, 0.29) is 24.2 Å². The minimum atomic E-state index is -0.962. The number of carbonyl (C=O) groups excluding carboxylic acids is 2. The summed E-state index contributed by atoms with van der Waals surface area (Å²) in [6.07, 6.45) is 2.39. The smallest absolute Gasteiger partial charge is 0.320 e. The van der Waals surface area contributed by atoms with Gasteiger partial charge in [-0.2, -0.15) is 0 Å². The van der Waals surface area contributed by atoms with E-state index in [0.29, 0.717) is 19.6 Å². The van der Waals surface area contributed by atoms with Crippen LogP contribution in [0.1, 0.15) is 38.7 Å². The number of piperidine rings is 1. The molecule has 1 aliphatic carbocycles. The molecule has 0 aromatic heterocycles. The van der Waals surface area contributed by atoms with Crippen molar-refractivity contribution in [2.24, 2.45) is 10.8 Å². The number of hydrogen-bond donors (Lipinski definition) is 0. The van der Waals surface area contributed by atoms with Gasteiger partial charge in [0.15, 0.2) is 5.78 Å². The van der Waals surface area contributed by atoms with Gasteiger partial charge in [0.2, 0.25) is 0 Å². The van der Waals surface area contributed by atoms with Crippen LogP contribution in [0.3, 0.4) is 0 Å². The van der Waals surface area contributed by atoms with E-state index in [1.54, 1.807) is 6.92 Å². The number of Topliss-reactive ketones (excluding diaryl/α,β-unsaturated/α-hetero) is 1. The van der Waals surface area contributed by atoms with Crippen molar-refractivity contribution in [3.05, 3.63) is 35.9 Å². The molecule has 2 bridgehead atoms. The third kappa shape index (κ3) is 3.22. The van der Waals surface area contributed by atoms with E-state index in [0.717, 1.165) is 25.9 Å². The molecule has 5 heteroatoms. The first-order valence-corrected chi connectivity index (χ1v) is 8.49. The van der Waals surface area contributed by atoms with Crippen molar-refractivity contribution < 1.29 is 14.3 Å². The molecule has 1 aromatic rings. The first-order valence-electron chi connectivity index (χ1n) is 8.49. The van der Waals surface area contributed by atoms with E-state index in [2.05, 4.69) is 17.0 Å². The zero-order valence-electron chi connectivity index (χ0n) is 14.4. The van der Waals surface area contributed by atoms with Crippen LogP contribution in [0.25, 0.3) is 0 Å². The number of rotatable bonds is 4. The number of nitrogens with zero attached hydrogens (tertiary/aromatic N) is 1. The van der Waals surface area contributed by atoms with Crippen molar-refractivity contribution in [2.45, 2.75) is 39.7 Å². The number of ether oxygens (including phenoxy) is 1. The molecule has 1 saturated heterocycles. The van der Waals surface area contributed by atoms with Crippen LogP contribution in [0.5, 0.6) is 0 Å². The van der Waals surface area contributed by atoms with Gasteiger partial charge in [-0.3, -0.25) is 14.5 Å². The Morgan fingerprint density at radius 2 is 1.92 bits per heavy atom. The van der Waals surface area contributed by atoms with Gasteiger partial charge in [0.25, 0.3) is 0 Å². The first-order chi connectivity index (χ1) is 11.0. The Hall–Kier alpha value is -1.39. The van der Waals surface area contributed by atoms with Crippen LogP contribution >= 0.6 is 12.4 Å². The summed E-state index contributed by atoms with van der Waals surface area (Å²) in [4.78, 5) is 27.9. The van der Waals surface area contributed by atoms with Crippen molar-refractivity contribution >= 4 is 24.2 Å². The highest BCUT2D eigenvalue weighted by Gasteiger charge is 2.60. The molecule has 1 aliphatic heterocycles. The summed E-state index contributed by atoms with van der Waals surface area (Å²) < 4.78 is 5.29. The predicted octanol–water partition coefficient (Wildman–Crippen LogP) is 3.23. The van der Waals surface area contributed by atoms with Crippen molar-refractivity contribution in [1.82, 2.24) is 4.90 Å². The van der Waals surface area contributed by atoms with Gasteiger partial charge in [0, 0.05) is 25.0 Å². The van der Waals surface area contributed by atoms with E-state index in [1.807, 2.05) is 25.1 Å². The van der Waals surface area contributed by atoms with Crippen LogP contribution in [0.15, 0.2) is 30.3 Å². The normalized spacial score (nSPS) is 29.7. The molecule has 2 fully saturated rings. The van der Waals surface area contributed by atoms with Crippen LogP contribution < -0.4 is 0 Å². The molecular weight excluding hydrogens is 326 g/mol. The summed E-state index contributed by atoms with van der Waals surface area (Å²) in [5, 5.41) is 0. The highest BCUT2D eigenvalue weighted by atomic mass is 35.5. The largest absolute Gasteiger partial charge is 0.465 e. The van der Waals surface area contributed by atoms with Crippen LogP contribution in [-0.4, -0.2) is 36.3 Å². The van der Waals surface area contributed by atoms with Crippen molar-refractivity contribution in [3.8, 4) is 0 Å². The summed E-state index contributed by atoms with van der Waals surface area (Å²) in [5.41, 5.74) is -0.184. The highest BCUT2D eigenvalue weighted by molar-refractivity contribution is 6.08. The maximum absolute atomic E-state index is 13.0. The molecule has 4 nitrogen and oxygen atoms in total. The SMILES string of the molecule is CCOC(=O)C12CCCC(C)(CN(Cc3ccccc3)C1)C2=O.Cl. The van der Waals surface area contributed by atoms with Gasteiger partial charge in [-0.05, 0) is 25.3 Å². The Bertz CT molecular complexity index is 606. The van der Waals surface area contributed by atoms with E-state index >= 15 is 0 Å². The molecule has 0 amide bonds. The van der Waals surface area contributed by atoms with Gasteiger partial charge < -0.3 is 4.74 Å². The number of ketones is 1. The van der Waals surface area contributed by atoms with E-state index in [1.165, 1.54) is 5.56 Å². The molecule has 3 rings (SSSR count). The summed E-state index contributed by atoms with van der Waals surface area (Å²) >= 11 is 0. The Balaban J connectivity index is 0.00000208. The van der Waals surface area contributed by atoms with Crippen molar-refractivity contribution in [3.63, 3.8) is 0 Å². The number of likely N-dealkylation sites (tertiary alicyclic amines) is 1. The number of esters is 1. The topological polar surface area (TPSA) is 46.6 Å². The molecule has 1 saturated carbocycles. The molecule has 2 aliphatic rings. The lowest BCUT2D eigenvalue weighted by Gasteiger charge is -2.51. The minimum Gasteiger partial charge on any atom is -0.465 e. The molecule has 132 valence electrons. The van der Waals surface area contributed by atoms with E-state index in [9.17, 15) is 9.59 Å². The summed E-state index contributed by atoms with van der Waals surface area (Å²) in [7, 11) is 0. The maximum Gasteiger partial charge on any atom is 0.320 e. The lowest BCUT2D eigenvalue weighted by molar-refractivity contribution is -0.175. The van der Waals surface area contributed by atoms with Crippen LogP contribution in [0, 0.1) is 10.8 Å². The van der Waals surface area contributed by atoms with E-state index in [4.69, 9.17) is 4.74 Å². The Morgan fingerprint density at radius 1 is 1.21 bits per heavy atom. The fourth-order valence-electron chi connectivity index (χ4n) is 4.30. The quantitative estimate of drug-likeness (QED) is 0.617. The summed E-state index contributed by atoms with van der Waals surface area (Å²) in [6, 6.07) is 10.2. The Morgan fingerprint density at radius 3 is 2.58 bits per heavy atom. The number of benzene rings is 1. The molecule has 0 radical (unpaired) electrons. The van der Waals surface area contributed by atoms with Gasteiger partial charge in [-0.1, -0.05) is 43.7 Å². The number of hydrogen-bond acceptors (Lipinski definition) is 4. The van der Waals surface area contributed by atoms with Gasteiger partial charge in [-0.25, -0.2) is 0 Å². The third-order valence-corrected chi connectivity index (χ3v) is 5.30. The zero-order chi connectivity index (χ0) is 16.5. The molecule has 0 spiro atoms. The lowest BCUT2D eigenvalue weighted by atomic mass is 9.58. The number of fused-ring (bicyclic) bond motifs is 2. The fourth-order valence-corrected chi connectivity index (χ4v) is 4.30. The van der Waals surface area contributed by atoms with Crippen molar-refractivity contribution in [2.75, 3.05) is 19.7 Å². The summed E-state index contributed by atoms with van der Waals surface area (Å²) in [5.74, 6) is -0.229. The van der Waals surface area contributed by atoms with Gasteiger partial charge in [0.1, 0.15) is 5.41 Å². The van der Waals surface area contributed by atoms with Gasteiger partial charge in [-0.15, -0.1) is 12.4 Å². The average molecular weight is 352 g/mol. The van der Waals surface area contributed by atoms with Crippen LogP contribution in [0.4, 0.5) is 0 Å². The average Bonchev–Trinajstić information content (AvgIpc) is 2.51. The van der Waals surface area contributed by atoms with Crippen LogP contribution in [-0.2, 0) is 20.9 Å². The molecule has 0 N–H and O–H groups in total. The van der Waals surface area contributed by atoms with E-state index < -0.39 is 10.8 Å². The summed E-state index contributed by atoms with van der Waals surface area (Å²) in [6.45, 7) is 6.11. The molecule has 1 aromatic carbocycles. The van der Waals surface area contributed by atoms with Gasteiger partial charge in [0.05, 0.1) is 6.61 Å².